The maximum absolute atomic E-state index is 2.59. The Morgan fingerprint density at radius 3 is 2.00 bits per heavy atom. The predicted molar refractivity (Wildman–Crippen MR) is 101 cm³/mol. The molecule has 2 aromatic rings. The van der Waals surface area contributed by atoms with Crippen molar-refractivity contribution in [3.8, 4) is 0 Å². The van der Waals surface area contributed by atoms with Crippen molar-refractivity contribution in [1.82, 2.24) is 0 Å². The smallest absolute Gasteiger partial charge is 0.194 e. The van der Waals surface area contributed by atoms with Gasteiger partial charge in [-0.3, -0.25) is 0 Å². The van der Waals surface area contributed by atoms with Crippen LogP contribution in [0, 0.1) is 5.41 Å². The fraction of sp³-hybridized carbons (Fsp3) is 0.500. The summed E-state index contributed by atoms with van der Waals surface area (Å²) in [5.41, 5.74) is 4.59. The normalized spacial score (nSPS) is 17.7. The Bertz CT molecular complexity index is 808. The number of hydrogen-bond donors (Lipinski definition) is 0. The number of hydrogen-bond acceptors (Lipinski definition) is 0. The van der Waals surface area contributed by atoms with E-state index < -0.39 is 0 Å². The van der Waals surface area contributed by atoms with Crippen molar-refractivity contribution >= 4 is 22.2 Å². The van der Waals surface area contributed by atoms with E-state index in [2.05, 4.69) is 96.4 Å². The third-order valence-corrected chi connectivity index (χ3v) is 4.97. The van der Waals surface area contributed by atoms with Gasteiger partial charge in [0.1, 0.15) is 0 Å². The molecule has 0 spiro atoms. The van der Waals surface area contributed by atoms with Gasteiger partial charge in [-0.05, 0) is 30.7 Å². The van der Waals surface area contributed by atoms with E-state index in [1.165, 1.54) is 27.7 Å². The molecule has 0 fully saturated rings. The summed E-state index contributed by atoms with van der Waals surface area (Å²) in [4.78, 5) is 0. The third-order valence-electron chi connectivity index (χ3n) is 4.97. The lowest BCUT2D eigenvalue weighted by atomic mass is 9.70. The maximum Gasteiger partial charge on any atom is 0.210 e. The van der Waals surface area contributed by atoms with Gasteiger partial charge in [0.15, 0.2) is 11.3 Å². The summed E-state index contributed by atoms with van der Waals surface area (Å²) in [5, 5.41) is 2.73. The molecule has 0 radical (unpaired) electrons. The van der Waals surface area contributed by atoms with Crippen LogP contribution in [0.2, 0.25) is 0 Å². The highest BCUT2D eigenvalue weighted by Crippen LogP contribution is 2.49. The van der Waals surface area contributed by atoms with Crippen LogP contribution in [0.15, 0.2) is 36.4 Å². The molecule has 0 bridgehead atoms. The summed E-state index contributed by atoms with van der Waals surface area (Å²) >= 11 is 0. The highest BCUT2D eigenvalue weighted by molar-refractivity contribution is 6.04. The van der Waals surface area contributed by atoms with Gasteiger partial charge >= 0.3 is 0 Å². The lowest BCUT2D eigenvalue weighted by Gasteiger charge is -2.29. The second-order valence-corrected chi connectivity index (χ2v) is 9.41. The second-order valence-electron chi connectivity index (χ2n) is 9.41. The predicted octanol–water partition coefficient (Wildman–Crippen LogP) is 6.06. The van der Waals surface area contributed by atoms with Crippen LogP contribution < -0.4 is 0 Å². The molecule has 0 unspecified atom stereocenters. The molecule has 2 aromatic carbocycles. The molecule has 1 nitrogen and oxygen atoms in total. The standard InChI is InChI=1S/C22H30N/c1-20(2,3)19-22(7,8)18-16-12-10-9-11-15(16)13-14-17(18)23(19)21(4,5)6/h9-14H,1-8H3/q+1. The van der Waals surface area contributed by atoms with E-state index in [0.717, 1.165) is 0 Å². The minimum absolute atomic E-state index is 0.0295. The average molecular weight is 308 g/mol. The largest absolute Gasteiger partial charge is 0.210 e. The van der Waals surface area contributed by atoms with Gasteiger partial charge in [0.2, 0.25) is 5.69 Å². The number of nitrogens with zero attached hydrogens (tertiary/aromatic N) is 1. The van der Waals surface area contributed by atoms with Crippen molar-refractivity contribution in [2.45, 2.75) is 66.3 Å². The van der Waals surface area contributed by atoms with E-state index in [4.69, 9.17) is 0 Å². The van der Waals surface area contributed by atoms with E-state index >= 15 is 0 Å². The lowest BCUT2D eigenvalue weighted by Crippen LogP contribution is -2.44. The molecule has 23 heavy (non-hydrogen) atoms. The van der Waals surface area contributed by atoms with Gasteiger partial charge < -0.3 is 0 Å². The molecule has 0 aliphatic carbocycles. The zero-order valence-corrected chi connectivity index (χ0v) is 15.9. The Kier molecular flexibility index (Phi) is 3.31. The Morgan fingerprint density at radius 1 is 0.826 bits per heavy atom. The van der Waals surface area contributed by atoms with Crippen LogP contribution in [-0.2, 0) is 5.41 Å². The van der Waals surface area contributed by atoms with Crippen LogP contribution in [0.5, 0.6) is 0 Å². The van der Waals surface area contributed by atoms with Gasteiger partial charge in [-0.15, -0.1) is 0 Å². The summed E-state index contributed by atoms with van der Waals surface area (Å²) in [6.07, 6.45) is 0. The number of fused-ring (bicyclic) bond motifs is 3. The molecular formula is C22H30N+. The van der Waals surface area contributed by atoms with Crippen LogP contribution in [0.4, 0.5) is 5.69 Å². The molecule has 0 saturated heterocycles. The van der Waals surface area contributed by atoms with Crippen LogP contribution in [0.3, 0.4) is 0 Å². The molecule has 0 saturated carbocycles. The molecule has 1 heteroatoms. The van der Waals surface area contributed by atoms with Crippen molar-refractivity contribution < 1.29 is 4.58 Å². The first-order chi connectivity index (χ1) is 10.5. The van der Waals surface area contributed by atoms with E-state index in [-0.39, 0.29) is 16.4 Å². The van der Waals surface area contributed by atoms with Crippen molar-refractivity contribution in [1.29, 1.82) is 0 Å². The molecule has 1 aliphatic heterocycles. The lowest BCUT2D eigenvalue weighted by molar-refractivity contribution is -0.521. The van der Waals surface area contributed by atoms with E-state index in [9.17, 15) is 0 Å². The van der Waals surface area contributed by atoms with Gasteiger partial charge in [0.05, 0.1) is 5.41 Å². The molecular weight excluding hydrogens is 278 g/mol. The van der Waals surface area contributed by atoms with Crippen molar-refractivity contribution in [3.05, 3.63) is 42.0 Å². The molecule has 3 rings (SSSR count). The fourth-order valence-corrected chi connectivity index (χ4v) is 4.59. The molecule has 0 atom stereocenters. The molecule has 122 valence electrons. The molecule has 0 amide bonds. The van der Waals surface area contributed by atoms with Gasteiger partial charge in [-0.25, -0.2) is 0 Å². The summed E-state index contributed by atoms with van der Waals surface area (Å²) in [6, 6.07) is 13.4. The molecule has 1 heterocycles. The topological polar surface area (TPSA) is 3.01 Å². The van der Waals surface area contributed by atoms with Gasteiger partial charge in [0, 0.05) is 37.8 Å². The van der Waals surface area contributed by atoms with E-state index in [0.29, 0.717) is 0 Å². The monoisotopic (exact) mass is 308 g/mol. The summed E-state index contributed by atoms with van der Waals surface area (Å²) in [6.45, 7) is 18.8. The molecule has 1 aliphatic rings. The first-order valence-electron chi connectivity index (χ1n) is 8.66. The SMILES string of the molecule is CC(C)(C)C1=[N+](C(C)(C)C)c2ccc3ccccc3c2C1(C)C. The summed E-state index contributed by atoms with van der Waals surface area (Å²) < 4.78 is 2.59. The first kappa shape index (κ1) is 16.2. The second kappa shape index (κ2) is 4.69. The van der Waals surface area contributed by atoms with Crippen molar-refractivity contribution in [2.75, 3.05) is 0 Å². The summed E-state index contributed by atoms with van der Waals surface area (Å²) in [7, 11) is 0. The number of rotatable bonds is 0. The minimum atomic E-state index is 0.0295. The van der Waals surface area contributed by atoms with Crippen LogP contribution in [0.25, 0.3) is 10.8 Å². The van der Waals surface area contributed by atoms with Gasteiger partial charge in [-0.2, -0.15) is 4.58 Å². The zero-order valence-electron chi connectivity index (χ0n) is 15.9. The maximum atomic E-state index is 2.59. The third kappa shape index (κ3) is 2.33. The molecule has 0 aromatic heterocycles. The Labute approximate surface area is 141 Å². The minimum Gasteiger partial charge on any atom is -0.194 e. The molecule has 0 N–H and O–H groups in total. The Balaban J connectivity index is 2.47. The van der Waals surface area contributed by atoms with Crippen LogP contribution >= 0.6 is 0 Å². The first-order valence-corrected chi connectivity index (χ1v) is 8.66. The number of benzene rings is 2. The van der Waals surface area contributed by atoms with Crippen LogP contribution in [0.1, 0.15) is 61.0 Å². The quantitative estimate of drug-likeness (QED) is 0.520. The van der Waals surface area contributed by atoms with Gasteiger partial charge in [-0.1, -0.05) is 45.0 Å². The van der Waals surface area contributed by atoms with Crippen LogP contribution in [-0.4, -0.2) is 15.8 Å². The van der Waals surface area contributed by atoms with Gasteiger partial charge in [0.25, 0.3) is 0 Å². The Hall–Kier alpha value is -1.63. The van der Waals surface area contributed by atoms with E-state index in [1.54, 1.807) is 0 Å². The Morgan fingerprint density at radius 2 is 1.43 bits per heavy atom. The van der Waals surface area contributed by atoms with E-state index in [1.807, 2.05) is 0 Å². The fourth-order valence-electron chi connectivity index (χ4n) is 4.59. The zero-order chi connectivity index (χ0) is 17.2. The highest BCUT2D eigenvalue weighted by atomic mass is 15.1. The average Bonchev–Trinajstić information content (AvgIpc) is 2.66. The summed E-state index contributed by atoms with van der Waals surface area (Å²) in [5.74, 6) is 0. The van der Waals surface area contributed by atoms with Crippen molar-refractivity contribution in [2.24, 2.45) is 5.41 Å². The van der Waals surface area contributed by atoms with Crippen molar-refractivity contribution in [3.63, 3.8) is 0 Å². The highest BCUT2D eigenvalue weighted by Gasteiger charge is 2.54.